The molecule has 3 aromatic carbocycles. The van der Waals surface area contributed by atoms with Crippen LogP contribution in [0, 0.1) is 0 Å². The summed E-state index contributed by atoms with van der Waals surface area (Å²) < 4.78 is 17.0. The van der Waals surface area contributed by atoms with E-state index in [0.29, 0.717) is 31.1 Å². The van der Waals surface area contributed by atoms with Gasteiger partial charge in [-0.2, -0.15) is 0 Å². The van der Waals surface area contributed by atoms with Crippen molar-refractivity contribution in [2.75, 3.05) is 26.1 Å². The molecule has 6 rings (SSSR count). The molecule has 4 aromatic rings. The van der Waals surface area contributed by atoms with E-state index in [1.807, 2.05) is 66.9 Å². The normalized spacial score (nSPS) is 21.1. The smallest absolute Gasteiger partial charge is 0.331 e. The summed E-state index contributed by atoms with van der Waals surface area (Å²) in [4.78, 5) is 18.1. The standard InChI is InChI=1S/C38H39ClN2O4/c1-43-33-15-13-27(14-16-33)25-45-26-29(35-12-5-6-21-40-35)23-30-22-28-8-3-4-11-34(28)37(30)17-19-38(20-18-37,36(42)44-2)41-32-10-7-9-31(39)24-32/h3-16,21-22,24,29,41H,17-20,23,25-26H2,1-2H3. The molecule has 6 nitrogen and oxygen atoms in total. The van der Waals surface area contributed by atoms with Crippen LogP contribution in [0.15, 0.2) is 103 Å². The van der Waals surface area contributed by atoms with Gasteiger partial charge >= 0.3 is 5.97 Å². The Morgan fingerprint density at radius 1 is 0.933 bits per heavy atom. The van der Waals surface area contributed by atoms with Crippen LogP contribution in [0.25, 0.3) is 6.08 Å². The molecule has 0 radical (unpaired) electrons. The number of hydrogen-bond donors (Lipinski definition) is 1. The van der Waals surface area contributed by atoms with Crippen molar-refractivity contribution in [3.63, 3.8) is 0 Å². The zero-order valence-corrected chi connectivity index (χ0v) is 26.6. The van der Waals surface area contributed by atoms with Gasteiger partial charge in [-0.3, -0.25) is 4.98 Å². The molecule has 1 aromatic heterocycles. The van der Waals surface area contributed by atoms with E-state index in [2.05, 4.69) is 41.7 Å². The van der Waals surface area contributed by atoms with Crippen molar-refractivity contribution < 1.29 is 19.0 Å². The number of nitrogens with one attached hydrogen (secondary N) is 1. The van der Waals surface area contributed by atoms with Crippen LogP contribution in [0.2, 0.25) is 5.02 Å². The van der Waals surface area contributed by atoms with Crippen LogP contribution in [0.1, 0.15) is 60.4 Å². The molecule has 232 valence electrons. The summed E-state index contributed by atoms with van der Waals surface area (Å²) in [7, 11) is 3.14. The Bertz CT molecular complexity index is 1650. The lowest BCUT2D eigenvalue weighted by molar-refractivity contribution is -0.147. The first-order valence-electron chi connectivity index (χ1n) is 15.5. The lowest BCUT2D eigenvalue weighted by Gasteiger charge is -2.46. The van der Waals surface area contributed by atoms with Crippen molar-refractivity contribution in [2.45, 2.75) is 55.6 Å². The monoisotopic (exact) mass is 622 g/mol. The maximum absolute atomic E-state index is 13.4. The van der Waals surface area contributed by atoms with Gasteiger partial charge in [0.15, 0.2) is 0 Å². The number of rotatable bonds is 11. The second kappa shape index (κ2) is 13.5. The number of anilines is 1. The molecule has 1 N–H and O–H groups in total. The van der Waals surface area contributed by atoms with E-state index in [-0.39, 0.29) is 17.3 Å². The van der Waals surface area contributed by atoms with E-state index in [9.17, 15) is 4.79 Å². The Labute approximate surface area is 270 Å². The van der Waals surface area contributed by atoms with E-state index < -0.39 is 5.54 Å². The topological polar surface area (TPSA) is 69.7 Å². The van der Waals surface area contributed by atoms with Crippen LogP contribution in [-0.4, -0.2) is 37.3 Å². The van der Waals surface area contributed by atoms with Gasteiger partial charge < -0.3 is 19.5 Å². The average Bonchev–Trinajstić information content (AvgIpc) is 3.38. The fourth-order valence-electron chi connectivity index (χ4n) is 7.10. The molecule has 0 amide bonds. The molecule has 1 fully saturated rings. The van der Waals surface area contributed by atoms with Crippen LogP contribution in [-0.2, 0) is 26.3 Å². The number of methoxy groups -OCH3 is 2. The summed E-state index contributed by atoms with van der Waals surface area (Å²) in [5.74, 6) is 0.654. The minimum atomic E-state index is -0.838. The van der Waals surface area contributed by atoms with Crippen molar-refractivity contribution in [3.8, 4) is 5.75 Å². The summed E-state index contributed by atoms with van der Waals surface area (Å²) >= 11 is 6.29. The number of benzene rings is 3. The highest BCUT2D eigenvalue weighted by molar-refractivity contribution is 6.30. The van der Waals surface area contributed by atoms with Crippen LogP contribution < -0.4 is 10.1 Å². The zero-order valence-electron chi connectivity index (χ0n) is 25.8. The number of ether oxygens (including phenoxy) is 3. The Kier molecular flexibility index (Phi) is 9.24. The molecule has 1 spiro atoms. The maximum Gasteiger partial charge on any atom is 0.331 e. The van der Waals surface area contributed by atoms with Gasteiger partial charge in [0, 0.05) is 33.9 Å². The van der Waals surface area contributed by atoms with Gasteiger partial charge in [0.2, 0.25) is 0 Å². The Hall–Kier alpha value is -4.13. The number of fused-ring (bicyclic) bond motifs is 2. The molecule has 1 heterocycles. The number of allylic oxidation sites excluding steroid dienone is 1. The number of aromatic nitrogens is 1. The third-order valence-corrected chi connectivity index (χ3v) is 9.72. The minimum absolute atomic E-state index is 0.0683. The van der Waals surface area contributed by atoms with E-state index in [0.717, 1.165) is 42.0 Å². The van der Waals surface area contributed by atoms with E-state index in [4.69, 9.17) is 30.8 Å². The Balaban J connectivity index is 1.26. The molecule has 0 aliphatic heterocycles. The van der Waals surface area contributed by atoms with Crippen LogP contribution in [0.3, 0.4) is 0 Å². The number of carbonyl (C=O) groups excluding carboxylic acids is 1. The first kappa shape index (κ1) is 30.9. The fourth-order valence-corrected chi connectivity index (χ4v) is 7.29. The molecule has 7 heteroatoms. The van der Waals surface area contributed by atoms with Crippen molar-refractivity contribution in [1.82, 2.24) is 4.98 Å². The van der Waals surface area contributed by atoms with Crippen LogP contribution >= 0.6 is 11.6 Å². The number of hydrogen-bond acceptors (Lipinski definition) is 6. The Morgan fingerprint density at radius 2 is 1.71 bits per heavy atom. The predicted molar refractivity (Wildman–Crippen MR) is 179 cm³/mol. The average molecular weight is 623 g/mol. The molecule has 0 saturated heterocycles. The van der Waals surface area contributed by atoms with E-state index >= 15 is 0 Å². The first-order chi connectivity index (χ1) is 21.9. The van der Waals surface area contributed by atoms with Gasteiger partial charge in [0.1, 0.15) is 11.3 Å². The summed E-state index contributed by atoms with van der Waals surface area (Å²) in [6, 6.07) is 30.3. The first-order valence-corrected chi connectivity index (χ1v) is 15.9. The minimum Gasteiger partial charge on any atom is -0.497 e. The van der Waals surface area contributed by atoms with Gasteiger partial charge in [-0.15, -0.1) is 0 Å². The SMILES string of the molecule is COC(=O)C1(Nc2cccc(Cl)c2)CCC2(CC1)C(CC(COCc1ccc(OC)cc1)c1ccccn1)=Cc1ccccc12. The molecule has 1 unspecified atom stereocenters. The summed E-state index contributed by atoms with van der Waals surface area (Å²) in [6.45, 7) is 1.05. The zero-order chi connectivity index (χ0) is 31.3. The second-order valence-corrected chi connectivity index (χ2v) is 12.5. The molecular formula is C38H39ClN2O4. The molecule has 0 bridgehead atoms. The largest absolute Gasteiger partial charge is 0.497 e. The van der Waals surface area contributed by atoms with Gasteiger partial charge in [0.05, 0.1) is 27.4 Å². The summed E-state index contributed by atoms with van der Waals surface area (Å²) in [6.07, 6.45) is 7.89. The highest BCUT2D eigenvalue weighted by Gasteiger charge is 2.52. The van der Waals surface area contributed by atoms with Crippen molar-refractivity contribution in [1.29, 1.82) is 0 Å². The van der Waals surface area contributed by atoms with Gasteiger partial charge in [-0.1, -0.05) is 71.8 Å². The highest BCUT2D eigenvalue weighted by atomic mass is 35.5. The van der Waals surface area contributed by atoms with Gasteiger partial charge in [0.25, 0.3) is 0 Å². The quantitative estimate of drug-likeness (QED) is 0.170. The summed E-state index contributed by atoms with van der Waals surface area (Å²) in [5, 5.41) is 4.15. The number of carbonyl (C=O) groups is 1. The van der Waals surface area contributed by atoms with Crippen molar-refractivity contribution >= 4 is 29.3 Å². The lowest BCUT2D eigenvalue weighted by atomic mass is 9.61. The lowest BCUT2D eigenvalue weighted by Crippen LogP contribution is -2.52. The van der Waals surface area contributed by atoms with Crippen molar-refractivity contribution in [3.05, 3.63) is 130 Å². The van der Waals surface area contributed by atoms with Crippen LogP contribution in [0.4, 0.5) is 5.69 Å². The molecule has 45 heavy (non-hydrogen) atoms. The number of esters is 1. The number of nitrogens with zero attached hydrogens (tertiary/aromatic N) is 1. The molecular weight excluding hydrogens is 584 g/mol. The predicted octanol–water partition coefficient (Wildman–Crippen LogP) is 8.37. The number of pyridine rings is 1. The van der Waals surface area contributed by atoms with E-state index in [1.165, 1.54) is 23.8 Å². The maximum atomic E-state index is 13.4. The molecule has 1 atom stereocenters. The van der Waals surface area contributed by atoms with Crippen LogP contribution in [0.5, 0.6) is 5.75 Å². The van der Waals surface area contributed by atoms with Gasteiger partial charge in [-0.05, 0) is 91.3 Å². The fraction of sp³-hybridized carbons (Fsp3) is 0.316. The molecule has 2 aliphatic carbocycles. The van der Waals surface area contributed by atoms with Gasteiger partial charge in [-0.25, -0.2) is 4.79 Å². The summed E-state index contributed by atoms with van der Waals surface area (Å²) in [5.41, 5.74) is 5.85. The van der Waals surface area contributed by atoms with Crippen molar-refractivity contribution in [2.24, 2.45) is 0 Å². The highest BCUT2D eigenvalue weighted by Crippen LogP contribution is 2.55. The third-order valence-electron chi connectivity index (χ3n) is 9.48. The third kappa shape index (κ3) is 6.49. The second-order valence-electron chi connectivity index (χ2n) is 12.1. The Morgan fingerprint density at radius 3 is 2.42 bits per heavy atom. The number of halogens is 1. The van der Waals surface area contributed by atoms with E-state index in [1.54, 1.807) is 7.11 Å². The molecule has 2 aliphatic rings. The molecule has 1 saturated carbocycles.